The van der Waals surface area contributed by atoms with E-state index in [4.69, 9.17) is 0 Å². The van der Waals surface area contributed by atoms with Gasteiger partial charge in [0, 0.05) is 37.4 Å². The molecule has 1 amide bonds. The average Bonchev–Trinajstić information content (AvgIpc) is 2.69. The SMILES string of the molecule is CCNC(=NCc1ccc(S(C)(=O)=O)cc1)NCC1CC(=O)Nc2ccccc21. The summed E-state index contributed by atoms with van der Waals surface area (Å²) in [7, 11) is -3.20. The molecule has 0 saturated heterocycles. The van der Waals surface area contributed by atoms with Crippen LogP contribution in [0.1, 0.15) is 30.4 Å². The molecule has 154 valence electrons. The highest BCUT2D eigenvalue weighted by Crippen LogP contribution is 2.31. The lowest BCUT2D eigenvalue weighted by Crippen LogP contribution is -2.40. The van der Waals surface area contributed by atoms with Crippen molar-refractivity contribution in [2.45, 2.75) is 30.7 Å². The van der Waals surface area contributed by atoms with Gasteiger partial charge in [-0.1, -0.05) is 30.3 Å². The number of nitrogens with one attached hydrogen (secondary N) is 3. The van der Waals surface area contributed by atoms with Crippen molar-refractivity contribution >= 4 is 27.4 Å². The Morgan fingerprint density at radius 3 is 2.55 bits per heavy atom. The molecule has 0 aliphatic carbocycles. The van der Waals surface area contributed by atoms with Crippen molar-refractivity contribution in [3.05, 3.63) is 59.7 Å². The van der Waals surface area contributed by atoms with Crippen molar-refractivity contribution in [3.63, 3.8) is 0 Å². The van der Waals surface area contributed by atoms with Gasteiger partial charge in [-0.05, 0) is 36.2 Å². The van der Waals surface area contributed by atoms with E-state index in [0.29, 0.717) is 36.9 Å². The molecule has 1 aliphatic heterocycles. The third kappa shape index (κ3) is 5.57. The monoisotopic (exact) mass is 414 g/mol. The number of carbonyl (C=O) groups excluding carboxylic acids is 1. The molecule has 0 fully saturated rings. The van der Waals surface area contributed by atoms with Crippen molar-refractivity contribution < 1.29 is 13.2 Å². The second-order valence-corrected chi connectivity index (χ2v) is 9.04. The Morgan fingerprint density at radius 1 is 1.14 bits per heavy atom. The zero-order valence-corrected chi connectivity index (χ0v) is 17.4. The number of amides is 1. The lowest BCUT2D eigenvalue weighted by molar-refractivity contribution is -0.116. The molecule has 2 aromatic rings. The zero-order chi connectivity index (χ0) is 20.9. The molecule has 29 heavy (non-hydrogen) atoms. The predicted molar refractivity (Wildman–Crippen MR) is 115 cm³/mol. The molecular weight excluding hydrogens is 388 g/mol. The fourth-order valence-corrected chi connectivity index (χ4v) is 3.89. The van der Waals surface area contributed by atoms with Gasteiger partial charge in [0.1, 0.15) is 0 Å². The number of nitrogens with zero attached hydrogens (tertiary/aromatic N) is 1. The zero-order valence-electron chi connectivity index (χ0n) is 16.6. The van der Waals surface area contributed by atoms with Crippen LogP contribution in [-0.2, 0) is 21.2 Å². The average molecular weight is 415 g/mol. The molecule has 7 nitrogen and oxygen atoms in total. The van der Waals surface area contributed by atoms with Crippen LogP contribution in [0, 0.1) is 0 Å². The molecule has 1 unspecified atom stereocenters. The smallest absolute Gasteiger partial charge is 0.225 e. The topological polar surface area (TPSA) is 99.7 Å². The number of carbonyl (C=O) groups is 1. The summed E-state index contributed by atoms with van der Waals surface area (Å²) >= 11 is 0. The maximum absolute atomic E-state index is 12.0. The maximum Gasteiger partial charge on any atom is 0.225 e. The fraction of sp³-hybridized carbons (Fsp3) is 0.333. The number of sulfone groups is 1. The third-order valence-corrected chi connectivity index (χ3v) is 5.87. The minimum Gasteiger partial charge on any atom is -0.357 e. The summed E-state index contributed by atoms with van der Waals surface area (Å²) in [6, 6.07) is 14.6. The molecule has 1 aliphatic rings. The van der Waals surface area contributed by atoms with E-state index in [1.165, 1.54) is 6.26 Å². The summed E-state index contributed by atoms with van der Waals surface area (Å²) in [5.41, 5.74) is 2.90. The summed E-state index contributed by atoms with van der Waals surface area (Å²) in [6.07, 6.45) is 1.62. The number of fused-ring (bicyclic) bond motifs is 1. The molecule has 1 atom stereocenters. The second-order valence-electron chi connectivity index (χ2n) is 7.03. The summed E-state index contributed by atoms with van der Waals surface area (Å²) in [5.74, 6) is 0.740. The number of anilines is 1. The summed E-state index contributed by atoms with van der Waals surface area (Å²) in [6.45, 7) is 3.70. The van der Waals surface area contributed by atoms with Gasteiger partial charge in [-0.15, -0.1) is 0 Å². The van der Waals surface area contributed by atoms with Crippen LogP contribution in [-0.4, -0.2) is 39.6 Å². The van der Waals surface area contributed by atoms with Crippen molar-refractivity contribution in [2.75, 3.05) is 24.7 Å². The quantitative estimate of drug-likeness (QED) is 0.497. The lowest BCUT2D eigenvalue weighted by Gasteiger charge is -2.26. The van der Waals surface area contributed by atoms with E-state index in [0.717, 1.165) is 16.8 Å². The Labute approximate surface area is 171 Å². The van der Waals surface area contributed by atoms with E-state index in [1.54, 1.807) is 24.3 Å². The third-order valence-electron chi connectivity index (χ3n) is 4.74. The first-order chi connectivity index (χ1) is 13.9. The summed E-state index contributed by atoms with van der Waals surface area (Å²) in [5, 5.41) is 9.44. The first-order valence-corrected chi connectivity index (χ1v) is 11.5. The number of hydrogen-bond acceptors (Lipinski definition) is 4. The first kappa shape index (κ1) is 20.9. The van der Waals surface area contributed by atoms with E-state index in [1.807, 2.05) is 31.2 Å². The molecule has 0 aromatic heterocycles. The van der Waals surface area contributed by atoms with Crippen LogP contribution >= 0.6 is 0 Å². The van der Waals surface area contributed by atoms with Crippen molar-refractivity contribution in [2.24, 2.45) is 4.99 Å². The van der Waals surface area contributed by atoms with E-state index in [9.17, 15) is 13.2 Å². The van der Waals surface area contributed by atoms with Gasteiger partial charge in [0.05, 0.1) is 11.4 Å². The van der Waals surface area contributed by atoms with Crippen LogP contribution in [0.4, 0.5) is 5.69 Å². The number of guanidine groups is 1. The number of rotatable bonds is 6. The molecule has 1 heterocycles. The Hall–Kier alpha value is -2.87. The summed E-state index contributed by atoms with van der Waals surface area (Å²) < 4.78 is 23.1. The maximum atomic E-state index is 12.0. The Bertz CT molecular complexity index is 1000. The van der Waals surface area contributed by atoms with Gasteiger partial charge in [0.25, 0.3) is 0 Å². The molecule has 2 aromatic carbocycles. The van der Waals surface area contributed by atoms with Gasteiger partial charge in [0.2, 0.25) is 5.91 Å². The van der Waals surface area contributed by atoms with Crippen LogP contribution in [0.5, 0.6) is 0 Å². The second kappa shape index (κ2) is 9.09. The number of aliphatic imine (C=N–C) groups is 1. The Morgan fingerprint density at radius 2 is 1.86 bits per heavy atom. The van der Waals surface area contributed by atoms with Gasteiger partial charge in [-0.2, -0.15) is 0 Å². The summed E-state index contributed by atoms with van der Waals surface area (Å²) in [4.78, 5) is 16.9. The number of benzene rings is 2. The standard InChI is InChI=1S/C21H26N4O3S/c1-3-22-21(23-13-15-8-10-17(11-9-15)29(2,27)28)24-14-16-12-20(26)25-19-7-5-4-6-18(16)19/h4-11,16H,3,12-14H2,1-2H3,(H,25,26)(H2,22,23,24). The highest BCUT2D eigenvalue weighted by atomic mass is 32.2. The normalized spacial score (nSPS) is 16.7. The minimum atomic E-state index is -3.20. The molecule has 8 heteroatoms. The molecule has 0 spiro atoms. The molecule has 0 bridgehead atoms. The Balaban J connectivity index is 1.66. The van der Waals surface area contributed by atoms with E-state index >= 15 is 0 Å². The van der Waals surface area contributed by atoms with Gasteiger partial charge >= 0.3 is 0 Å². The van der Waals surface area contributed by atoms with Gasteiger partial charge < -0.3 is 16.0 Å². The van der Waals surface area contributed by atoms with E-state index in [2.05, 4.69) is 20.9 Å². The molecule has 0 saturated carbocycles. The lowest BCUT2D eigenvalue weighted by atomic mass is 9.90. The van der Waals surface area contributed by atoms with Crippen LogP contribution in [0.2, 0.25) is 0 Å². The van der Waals surface area contributed by atoms with Crippen LogP contribution in [0.25, 0.3) is 0 Å². The fourth-order valence-electron chi connectivity index (χ4n) is 3.26. The van der Waals surface area contributed by atoms with Crippen molar-refractivity contribution in [3.8, 4) is 0 Å². The highest BCUT2D eigenvalue weighted by molar-refractivity contribution is 7.90. The molecule has 3 N–H and O–H groups in total. The predicted octanol–water partition coefficient (Wildman–Crippen LogP) is 2.27. The van der Waals surface area contributed by atoms with E-state index < -0.39 is 9.84 Å². The van der Waals surface area contributed by atoms with Crippen molar-refractivity contribution in [1.82, 2.24) is 10.6 Å². The molecule has 0 radical (unpaired) electrons. The highest BCUT2D eigenvalue weighted by Gasteiger charge is 2.24. The van der Waals surface area contributed by atoms with Crippen LogP contribution in [0.15, 0.2) is 58.4 Å². The first-order valence-electron chi connectivity index (χ1n) is 9.56. The van der Waals surface area contributed by atoms with Crippen LogP contribution < -0.4 is 16.0 Å². The van der Waals surface area contributed by atoms with Crippen molar-refractivity contribution in [1.29, 1.82) is 0 Å². The largest absolute Gasteiger partial charge is 0.357 e. The van der Waals surface area contributed by atoms with E-state index in [-0.39, 0.29) is 11.8 Å². The van der Waals surface area contributed by atoms with Gasteiger partial charge in [-0.3, -0.25) is 4.79 Å². The molecular formula is C21H26N4O3S. The van der Waals surface area contributed by atoms with Crippen LogP contribution in [0.3, 0.4) is 0 Å². The minimum absolute atomic E-state index is 0.0170. The van der Waals surface area contributed by atoms with Gasteiger partial charge in [0.15, 0.2) is 15.8 Å². The van der Waals surface area contributed by atoms with Gasteiger partial charge in [-0.25, -0.2) is 13.4 Å². The number of para-hydroxylation sites is 1. The number of hydrogen-bond donors (Lipinski definition) is 3. The Kier molecular flexibility index (Phi) is 6.53. The molecule has 3 rings (SSSR count).